The Labute approximate surface area is 174 Å². The first-order valence-electron chi connectivity index (χ1n) is 9.92. The second kappa shape index (κ2) is 7.33. The summed E-state index contributed by atoms with van der Waals surface area (Å²) in [6.07, 6.45) is 8.62. The summed E-state index contributed by atoms with van der Waals surface area (Å²) in [5.74, 6) is 0. The largest absolute Gasteiger partial charge is 0.346 e. The lowest BCUT2D eigenvalue weighted by Gasteiger charge is -2.31. The Kier molecular flexibility index (Phi) is 4.63. The molecule has 4 heterocycles. The maximum atomic E-state index is 13.0. The molecule has 0 aliphatic carbocycles. The third kappa shape index (κ3) is 3.20. The molecule has 1 aromatic carbocycles. The molecular formula is C21H22N6O2S. The summed E-state index contributed by atoms with van der Waals surface area (Å²) in [6, 6.07) is 9.25. The summed E-state index contributed by atoms with van der Waals surface area (Å²) in [5, 5.41) is 5.50. The second-order valence-corrected chi connectivity index (χ2v) is 9.48. The zero-order valence-electron chi connectivity index (χ0n) is 16.6. The standard InChI is InChI=1S/C21H22N6O2S/c1-15-4-2-3-5-19(15)30(28,29)26-10-7-17(8-11-26)27-13-16(12-25-27)20-18-6-9-22-21(18)24-14-23-20/h2-6,9,12-14,17H,7-8,10-11H2,1H3,(H,22,23,24). The number of aromatic amines is 1. The van der Waals surface area contributed by atoms with Gasteiger partial charge in [-0.1, -0.05) is 18.2 Å². The van der Waals surface area contributed by atoms with Crippen molar-refractivity contribution in [3.63, 3.8) is 0 Å². The van der Waals surface area contributed by atoms with Crippen LogP contribution in [0.1, 0.15) is 24.4 Å². The van der Waals surface area contributed by atoms with Crippen LogP contribution in [0.25, 0.3) is 22.3 Å². The van der Waals surface area contributed by atoms with E-state index in [9.17, 15) is 8.42 Å². The number of fused-ring (bicyclic) bond motifs is 1. The highest BCUT2D eigenvalue weighted by Crippen LogP contribution is 2.30. The molecular weight excluding hydrogens is 400 g/mol. The molecule has 0 bridgehead atoms. The van der Waals surface area contributed by atoms with Crippen LogP contribution < -0.4 is 0 Å². The number of benzene rings is 1. The molecule has 3 aromatic heterocycles. The van der Waals surface area contributed by atoms with E-state index in [1.54, 1.807) is 22.8 Å². The number of hydrogen-bond donors (Lipinski definition) is 1. The van der Waals surface area contributed by atoms with Gasteiger partial charge in [0.2, 0.25) is 10.0 Å². The van der Waals surface area contributed by atoms with Crippen molar-refractivity contribution in [1.29, 1.82) is 0 Å². The number of H-pyrrole nitrogens is 1. The average Bonchev–Trinajstić information content (AvgIpc) is 3.43. The van der Waals surface area contributed by atoms with Crippen LogP contribution in [0.5, 0.6) is 0 Å². The number of hydrogen-bond acceptors (Lipinski definition) is 5. The smallest absolute Gasteiger partial charge is 0.243 e. The quantitative estimate of drug-likeness (QED) is 0.545. The van der Waals surface area contributed by atoms with E-state index in [4.69, 9.17) is 0 Å². The minimum atomic E-state index is -3.47. The Morgan fingerprint density at radius 1 is 1.10 bits per heavy atom. The van der Waals surface area contributed by atoms with Crippen molar-refractivity contribution >= 4 is 21.1 Å². The van der Waals surface area contributed by atoms with Crippen molar-refractivity contribution < 1.29 is 8.42 Å². The van der Waals surface area contributed by atoms with Crippen molar-refractivity contribution in [1.82, 2.24) is 29.0 Å². The van der Waals surface area contributed by atoms with E-state index in [2.05, 4.69) is 20.1 Å². The number of nitrogens with one attached hydrogen (secondary N) is 1. The fourth-order valence-corrected chi connectivity index (χ4v) is 5.79. The number of rotatable bonds is 4. The minimum absolute atomic E-state index is 0.158. The Hall–Kier alpha value is -3.04. The van der Waals surface area contributed by atoms with Gasteiger partial charge in [0.05, 0.1) is 22.8 Å². The summed E-state index contributed by atoms with van der Waals surface area (Å²) in [6.45, 7) is 2.79. The maximum Gasteiger partial charge on any atom is 0.243 e. The van der Waals surface area contributed by atoms with E-state index in [-0.39, 0.29) is 6.04 Å². The van der Waals surface area contributed by atoms with Crippen molar-refractivity contribution in [2.45, 2.75) is 30.7 Å². The van der Waals surface area contributed by atoms with Gasteiger partial charge in [0, 0.05) is 36.4 Å². The average molecular weight is 423 g/mol. The van der Waals surface area contributed by atoms with Crippen LogP contribution in [-0.2, 0) is 10.0 Å². The maximum absolute atomic E-state index is 13.0. The Bertz CT molecular complexity index is 1300. The van der Waals surface area contributed by atoms with E-state index >= 15 is 0 Å². The van der Waals surface area contributed by atoms with Crippen LogP contribution in [0.2, 0.25) is 0 Å². The summed E-state index contributed by atoms with van der Waals surface area (Å²) >= 11 is 0. The second-order valence-electron chi connectivity index (χ2n) is 7.57. The van der Waals surface area contributed by atoms with Gasteiger partial charge in [0.15, 0.2) is 0 Å². The SMILES string of the molecule is Cc1ccccc1S(=O)(=O)N1CCC(n2cc(-c3ncnc4[nH]ccc34)cn2)CC1. The third-order valence-corrected chi connectivity index (χ3v) is 7.80. The van der Waals surface area contributed by atoms with Crippen molar-refractivity contribution in [3.05, 3.63) is 60.8 Å². The van der Waals surface area contributed by atoms with Gasteiger partial charge in [-0.25, -0.2) is 18.4 Å². The van der Waals surface area contributed by atoms with Crippen LogP contribution >= 0.6 is 0 Å². The van der Waals surface area contributed by atoms with E-state index < -0.39 is 10.0 Å². The first kappa shape index (κ1) is 19.0. The molecule has 0 unspecified atom stereocenters. The van der Waals surface area contributed by atoms with Crippen LogP contribution in [0.3, 0.4) is 0 Å². The monoisotopic (exact) mass is 422 g/mol. The summed E-state index contributed by atoms with van der Waals surface area (Å²) in [4.78, 5) is 12.1. The van der Waals surface area contributed by atoms with Crippen molar-refractivity contribution in [3.8, 4) is 11.3 Å². The molecule has 0 radical (unpaired) electrons. The molecule has 1 aliphatic heterocycles. The zero-order chi connectivity index (χ0) is 20.7. The van der Waals surface area contributed by atoms with Gasteiger partial charge >= 0.3 is 0 Å². The van der Waals surface area contributed by atoms with Crippen LogP contribution in [-0.4, -0.2) is 50.5 Å². The summed E-state index contributed by atoms with van der Waals surface area (Å²) < 4.78 is 29.6. The lowest BCUT2D eigenvalue weighted by Crippen LogP contribution is -2.39. The Morgan fingerprint density at radius 3 is 2.70 bits per heavy atom. The van der Waals surface area contributed by atoms with Crippen molar-refractivity contribution in [2.24, 2.45) is 0 Å². The number of piperidine rings is 1. The van der Waals surface area contributed by atoms with Gasteiger partial charge < -0.3 is 4.98 Å². The molecule has 1 N–H and O–H groups in total. The number of aryl methyl sites for hydroxylation is 1. The molecule has 0 saturated carbocycles. The zero-order valence-corrected chi connectivity index (χ0v) is 17.4. The molecule has 1 saturated heterocycles. The van der Waals surface area contributed by atoms with Gasteiger partial charge in [0.1, 0.15) is 12.0 Å². The molecule has 0 spiro atoms. The molecule has 5 rings (SSSR count). The number of aromatic nitrogens is 5. The van der Waals surface area contributed by atoms with Crippen LogP contribution in [0.15, 0.2) is 60.1 Å². The Balaban J connectivity index is 1.33. The van der Waals surface area contributed by atoms with Gasteiger partial charge in [-0.15, -0.1) is 0 Å². The predicted molar refractivity (Wildman–Crippen MR) is 113 cm³/mol. The number of sulfonamides is 1. The van der Waals surface area contributed by atoms with E-state index in [1.165, 1.54) is 0 Å². The third-order valence-electron chi connectivity index (χ3n) is 5.74. The molecule has 0 amide bonds. The van der Waals surface area contributed by atoms with Gasteiger partial charge in [-0.2, -0.15) is 9.40 Å². The van der Waals surface area contributed by atoms with E-state index in [0.717, 1.165) is 40.7 Å². The predicted octanol–water partition coefficient (Wildman–Crippen LogP) is 3.16. The highest BCUT2D eigenvalue weighted by atomic mass is 32.2. The van der Waals surface area contributed by atoms with Crippen molar-refractivity contribution in [2.75, 3.05) is 13.1 Å². The molecule has 1 fully saturated rings. The molecule has 154 valence electrons. The van der Waals surface area contributed by atoms with Crippen LogP contribution in [0.4, 0.5) is 0 Å². The first-order valence-corrected chi connectivity index (χ1v) is 11.4. The fraction of sp³-hybridized carbons (Fsp3) is 0.286. The molecule has 30 heavy (non-hydrogen) atoms. The van der Waals surface area contributed by atoms with E-state index in [0.29, 0.717) is 18.0 Å². The highest BCUT2D eigenvalue weighted by molar-refractivity contribution is 7.89. The lowest BCUT2D eigenvalue weighted by molar-refractivity contribution is 0.261. The topological polar surface area (TPSA) is 96.8 Å². The molecule has 0 atom stereocenters. The fourth-order valence-electron chi connectivity index (χ4n) is 4.09. The molecule has 9 heteroatoms. The summed E-state index contributed by atoms with van der Waals surface area (Å²) in [5.41, 5.74) is 3.34. The minimum Gasteiger partial charge on any atom is -0.346 e. The molecule has 8 nitrogen and oxygen atoms in total. The first-order chi connectivity index (χ1) is 14.5. The van der Waals surface area contributed by atoms with E-state index in [1.807, 2.05) is 48.4 Å². The van der Waals surface area contributed by atoms with Crippen LogP contribution in [0, 0.1) is 6.92 Å². The lowest BCUT2D eigenvalue weighted by atomic mass is 10.1. The highest BCUT2D eigenvalue weighted by Gasteiger charge is 2.31. The van der Waals surface area contributed by atoms with Gasteiger partial charge in [-0.3, -0.25) is 4.68 Å². The normalized spacial score (nSPS) is 16.3. The van der Waals surface area contributed by atoms with Gasteiger partial charge in [0.25, 0.3) is 0 Å². The molecule has 4 aromatic rings. The molecule has 1 aliphatic rings. The summed E-state index contributed by atoms with van der Waals surface area (Å²) in [7, 11) is -3.47. The number of nitrogens with zero attached hydrogens (tertiary/aromatic N) is 5. The van der Waals surface area contributed by atoms with Gasteiger partial charge in [-0.05, 0) is 37.5 Å². The Morgan fingerprint density at radius 2 is 1.90 bits per heavy atom.